The summed E-state index contributed by atoms with van der Waals surface area (Å²) in [6.07, 6.45) is 7.35. The molecule has 0 bridgehead atoms. The Kier molecular flexibility index (Phi) is 4.05. The smallest absolute Gasteiger partial charge is 0.145 e. The zero-order chi connectivity index (χ0) is 11.4. The number of rotatable bonds is 3. The van der Waals surface area contributed by atoms with E-state index in [0.717, 1.165) is 39.3 Å². The van der Waals surface area contributed by atoms with Crippen molar-refractivity contribution in [1.82, 2.24) is 4.90 Å². The Hall–Kier alpha value is -0.320. The Balaban J connectivity index is 1.95. The summed E-state index contributed by atoms with van der Waals surface area (Å²) < 4.78 is 10.7. The third kappa shape index (κ3) is 2.87. The fourth-order valence-corrected chi connectivity index (χ4v) is 2.52. The van der Waals surface area contributed by atoms with Crippen LogP contribution in [0.4, 0.5) is 0 Å². The molecule has 1 atom stereocenters. The molecule has 2 rings (SSSR count). The van der Waals surface area contributed by atoms with Gasteiger partial charge in [-0.1, -0.05) is 6.08 Å². The normalized spacial score (nSPS) is 30.4. The highest BCUT2D eigenvalue weighted by atomic mass is 79.9. The maximum Gasteiger partial charge on any atom is 0.145 e. The summed E-state index contributed by atoms with van der Waals surface area (Å²) in [7, 11) is 0. The van der Waals surface area contributed by atoms with Crippen molar-refractivity contribution in [2.75, 3.05) is 32.9 Å². The molecule has 1 heterocycles. The minimum Gasteiger partial charge on any atom is -0.378 e. The molecular formula is C12H18BrNO2. The number of hydrogen-bond donors (Lipinski definition) is 0. The Morgan fingerprint density at radius 3 is 2.81 bits per heavy atom. The molecule has 2 aliphatic rings. The van der Waals surface area contributed by atoms with Crippen molar-refractivity contribution in [2.45, 2.75) is 17.9 Å². The molecule has 1 unspecified atom stereocenters. The zero-order valence-electron chi connectivity index (χ0n) is 9.62. The molecular weight excluding hydrogens is 270 g/mol. The number of alkyl halides is 1. The molecule has 90 valence electrons. The van der Waals surface area contributed by atoms with Crippen LogP contribution in [0.15, 0.2) is 23.9 Å². The quantitative estimate of drug-likeness (QED) is 0.744. The fraction of sp³-hybridized carbons (Fsp3) is 0.667. The van der Waals surface area contributed by atoms with E-state index in [9.17, 15) is 0 Å². The van der Waals surface area contributed by atoms with Crippen molar-refractivity contribution in [3.63, 3.8) is 0 Å². The van der Waals surface area contributed by atoms with Crippen molar-refractivity contribution in [3.05, 3.63) is 23.9 Å². The van der Waals surface area contributed by atoms with E-state index in [-0.39, 0.29) is 4.51 Å². The summed E-state index contributed by atoms with van der Waals surface area (Å²) in [6.45, 7) is 6.36. The first-order valence-electron chi connectivity index (χ1n) is 5.78. The van der Waals surface area contributed by atoms with E-state index in [1.54, 1.807) is 0 Å². The first kappa shape index (κ1) is 12.1. The van der Waals surface area contributed by atoms with Crippen molar-refractivity contribution in [2.24, 2.45) is 0 Å². The topological polar surface area (TPSA) is 21.7 Å². The monoisotopic (exact) mass is 287 g/mol. The number of halogens is 1. The van der Waals surface area contributed by atoms with Crippen molar-refractivity contribution >= 4 is 15.9 Å². The van der Waals surface area contributed by atoms with E-state index in [4.69, 9.17) is 9.47 Å². The Morgan fingerprint density at radius 2 is 2.25 bits per heavy atom. The zero-order valence-corrected chi connectivity index (χ0v) is 11.2. The van der Waals surface area contributed by atoms with Crippen LogP contribution in [-0.4, -0.2) is 42.3 Å². The second-order valence-electron chi connectivity index (χ2n) is 3.99. The third-order valence-corrected chi connectivity index (χ3v) is 3.67. The standard InChI is InChI=1S/C12H18BrNO2/c1-2-16-12(13)5-3-11(4-6-12)14-7-9-15-10-8-14/h3-5H,2,6-10H2,1H3. The number of nitrogens with zero attached hydrogens (tertiary/aromatic N) is 1. The molecule has 0 saturated carbocycles. The summed E-state index contributed by atoms with van der Waals surface area (Å²) >= 11 is 3.61. The van der Waals surface area contributed by atoms with Crippen LogP contribution in [0, 0.1) is 0 Å². The van der Waals surface area contributed by atoms with E-state index in [1.165, 1.54) is 5.70 Å². The third-order valence-electron chi connectivity index (χ3n) is 2.85. The predicted molar refractivity (Wildman–Crippen MR) is 67.5 cm³/mol. The number of allylic oxidation sites excluding steroid dienone is 1. The second kappa shape index (κ2) is 5.34. The van der Waals surface area contributed by atoms with E-state index in [0.29, 0.717) is 0 Å². The first-order valence-corrected chi connectivity index (χ1v) is 6.58. The van der Waals surface area contributed by atoms with Crippen LogP contribution in [0.2, 0.25) is 0 Å². The van der Waals surface area contributed by atoms with Crippen molar-refractivity contribution in [1.29, 1.82) is 0 Å². The minimum absolute atomic E-state index is 0.294. The average Bonchev–Trinajstić information content (AvgIpc) is 2.31. The Morgan fingerprint density at radius 1 is 1.50 bits per heavy atom. The van der Waals surface area contributed by atoms with E-state index < -0.39 is 0 Å². The van der Waals surface area contributed by atoms with Gasteiger partial charge in [0.15, 0.2) is 0 Å². The minimum atomic E-state index is -0.294. The molecule has 0 aromatic rings. The van der Waals surface area contributed by atoms with Gasteiger partial charge in [-0.05, 0) is 35.0 Å². The molecule has 0 N–H and O–H groups in total. The molecule has 0 spiro atoms. The van der Waals surface area contributed by atoms with Crippen LogP contribution >= 0.6 is 15.9 Å². The van der Waals surface area contributed by atoms with Crippen LogP contribution in [0.5, 0.6) is 0 Å². The molecule has 1 fully saturated rings. The lowest BCUT2D eigenvalue weighted by Gasteiger charge is -2.33. The SMILES string of the molecule is CCOC1(Br)C=CC(N2CCOCC2)=CC1. The summed E-state index contributed by atoms with van der Waals surface area (Å²) in [5, 5.41) is 0. The van der Waals surface area contributed by atoms with Gasteiger partial charge < -0.3 is 14.4 Å². The van der Waals surface area contributed by atoms with Gasteiger partial charge in [-0.3, -0.25) is 0 Å². The van der Waals surface area contributed by atoms with Gasteiger partial charge in [0.1, 0.15) is 4.51 Å². The number of hydrogen-bond acceptors (Lipinski definition) is 3. The van der Waals surface area contributed by atoms with Gasteiger partial charge in [0, 0.05) is 31.8 Å². The van der Waals surface area contributed by atoms with Crippen LogP contribution < -0.4 is 0 Å². The van der Waals surface area contributed by atoms with Crippen molar-refractivity contribution < 1.29 is 9.47 Å². The number of morpholine rings is 1. The van der Waals surface area contributed by atoms with Gasteiger partial charge in [0.05, 0.1) is 13.2 Å². The molecule has 1 saturated heterocycles. The highest BCUT2D eigenvalue weighted by Gasteiger charge is 2.26. The maximum atomic E-state index is 5.65. The van der Waals surface area contributed by atoms with E-state index >= 15 is 0 Å². The molecule has 0 aromatic carbocycles. The summed E-state index contributed by atoms with van der Waals surface area (Å²) in [5.74, 6) is 0. The largest absolute Gasteiger partial charge is 0.378 e. The number of ether oxygens (including phenoxy) is 2. The molecule has 3 nitrogen and oxygen atoms in total. The van der Waals surface area contributed by atoms with Gasteiger partial charge >= 0.3 is 0 Å². The highest BCUT2D eigenvalue weighted by molar-refractivity contribution is 9.10. The van der Waals surface area contributed by atoms with Gasteiger partial charge in [-0.25, -0.2) is 0 Å². The van der Waals surface area contributed by atoms with Gasteiger partial charge in [0.25, 0.3) is 0 Å². The van der Waals surface area contributed by atoms with E-state index in [1.807, 2.05) is 6.92 Å². The van der Waals surface area contributed by atoms with Crippen LogP contribution in [0.3, 0.4) is 0 Å². The molecule has 0 amide bonds. The van der Waals surface area contributed by atoms with E-state index in [2.05, 4.69) is 39.1 Å². The predicted octanol–water partition coefficient (Wildman–Crippen LogP) is 2.29. The summed E-state index contributed by atoms with van der Waals surface area (Å²) in [6, 6.07) is 0. The van der Waals surface area contributed by atoms with Gasteiger partial charge in [0.2, 0.25) is 0 Å². The molecule has 4 heteroatoms. The lowest BCUT2D eigenvalue weighted by Crippen LogP contribution is -2.36. The Labute approximate surface area is 105 Å². The molecule has 0 aromatic heterocycles. The average molecular weight is 288 g/mol. The fourth-order valence-electron chi connectivity index (χ4n) is 1.99. The Bertz CT molecular complexity index is 297. The van der Waals surface area contributed by atoms with Crippen LogP contribution in [0.25, 0.3) is 0 Å². The van der Waals surface area contributed by atoms with Crippen LogP contribution in [0.1, 0.15) is 13.3 Å². The first-order chi connectivity index (χ1) is 7.73. The molecule has 16 heavy (non-hydrogen) atoms. The lowest BCUT2D eigenvalue weighted by atomic mass is 10.1. The van der Waals surface area contributed by atoms with Gasteiger partial charge in [-0.2, -0.15) is 0 Å². The highest BCUT2D eigenvalue weighted by Crippen LogP contribution is 2.32. The molecule has 1 aliphatic carbocycles. The van der Waals surface area contributed by atoms with Crippen molar-refractivity contribution in [3.8, 4) is 0 Å². The molecule has 0 radical (unpaired) electrons. The lowest BCUT2D eigenvalue weighted by molar-refractivity contribution is 0.0524. The van der Waals surface area contributed by atoms with Crippen LogP contribution in [-0.2, 0) is 9.47 Å². The maximum absolute atomic E-state index is 5.65. The van der Waals surface area contributed by atoms with Gasteiger partial charge in [-0.15, -0.1) is 0 Å². The second-order valence-corrected chi connectivity index (χ2v) is 5.33. The molecule has 1 aliphatic heterocycles. The summed E-state index contributed by atoms with van der Waals surface area (Å²) in [5.41, 5.74) is 1.29. The summed E-state index contributed by atoms with van der Waals surface area (Å²) in [4.78, 5) is 2.36.